The third kappa shape index (κ3) is 3.08. The van der Waals surface area contributed by atoms with Crippen LogP contribution in [-0.2, 0) is 0 Å². The van der Waals surface area contributed by atoms with Gasteiger partial charge in [0.15, 0.2) is 0 Å². The Kier molecular flexibility index (Phi) is 4.12. The van der Waals surface area contributed by atoms with Gasteiger partial charge in [0.25, 0.3) is 5.91 Å². The molecule has 3 N–H and O–H groups in total. The molecule has 0 radical (unpaired) electrons. The van der Waals surface area contributed by atoms with Crippen molar-refractivity contribution in [2.75, 3.05) is 11.1 Å². The Hall–Kier alpha value is -1.52. The van der Waals surface area contributed by atoms with Gasteiger partial charge in [-0.1, -0.05) is 33.6 Å². The number of halogens is 2. The van der Waals surface area contributed by atoms with Crippen molar-refractivity contribution in [1.29, 1.82) is 0 Å². The normalized spacial score (nSPS) is 10.3. The second-order valence-electron chi connectivity index (χ2n) is 4.10. The van der Waals surface area contributed by atoms with Gasteiger partial charge in [-0.05, 0) is 42.8 Å². The molecule has 0 fully saturated rings. The van der Waals surface area contributed by atoms with Gasteiger partial charge in [0.2, 0.25) is 0 Å². The largest absolute Gasteiger partial charge is 0.398 e. The fourth-order valence-electron chi connectivity index (χ4n) is 1.67. The highest BCUT2D eigenvalue weighted by Crippen LogP contribution is 2.25. The van der Waals surface area contributed by atoms with Crippen LogP contribution in [0.4, 0.5) is 11.4 Å². The molecule has 3 nitrogen and oxygen atoms in total. The number of anilines is 2. The number of rotatable bonds is 2. The zero-order valence-electron chi connectivity index (χ0n) is 10.2. The first kappa shape index (κ1) is 13.9. The predicted octanol–water partition coefficient (Wildman–Crippen LogP) is 4.25. The summed E-state index contributed by atoms with van der Waals surface area (Å²) in [5, 5.41) is 3.42. The molecule has 0 atom stereocenters. The minimum atomic E-state index is -0.254. The zero-order valence-corrected chi connectivity index (χ0v) is 12.5. The van der Waals surface area contributed by atoms with Gasteiger partial charge in [0.05, 0.1) is 5.56 Å². The van der Waals surface area contributed by atoms with E-state index in [4.69, 9.17) is 17.3 Å². The lowest BCUT2D eigenvalue weighted by Gasteiger charge is -2.11. The molecule has 2 aromatic carbocycles. The highest BCUT2D eigenvalue weighted by atomic mass is 79.9. The lowest BCUT2D eigenvalue weighted by Crippen LogP contribution is -2.14. The van der Waals surface area contributed by atoms with E-state index in [9.17, 15) is 4.79 Å². The SMILES string of the molecule is Cc1c(Cl)cccc1NC(=O)c1ccc(Br)cc1N. The van der Waals surface area contributed by atoms with E-state index in [0.29, 0.717) is 22.0 Å². The maximum atomic E-state index is 12.2. The monoisotopic (exact) mass is 338 g/mol. The van der Waals surface area contributed by atoms with Crippen LogP contribution in [0.25, 0.3) is 0 Å². The number of benzene rings is 2. The van der Waals surface area contributed by atoms with Gasteiger partial charge in [0, 0.05) is 20.9 Å². The quantitative estimate of drug-likeness (QED) is 0.804. The number of amides is 1. The van der Waals surface area contributed by atoms with Crippen LogP contribution in [0.3, 0.4) is 0 Å². The Balaban J connectivity index is 2.28. The molecule has 0 bridgehead atoms. The second-order valence-corrected chi connectivity index (χ2v) is 5.42. The van der Waals surface area contributed by atoms with E-state index < -0.39 is 0 Å². The Morgan fingerprint density at radius 1 is 1.32 bits per heavy atom. The summed E-state index contributed by atoms with van der Waals surface area (Å²) in [6, 6.07) is 10.5. The average molecular weight is 340 g/mol. The first-order valence-corrected chi connectivity index (χ1v) is 6.77. The summed E-state index contributed by atoms with van der Waals surface area (Å²) in [7, 11) is 0. The fraction of sp³-hybridized carbons (Fsp3) is 0.0714. The molecule has 0 aliphatic rings. The zero-order chi connectivity index (χ0) is 14.0. The summed E-state index contributed by atoms with van der Waals surface area (Å²) in [5.74, 6) is -0.254. The number of carbonyl (C=O) groups is 1. The van der Waals surface area contributed by atoms with Gasteiger partial charge >= 0.3 is 0 Å². The first-order chi connectivity index (χ1) is 8.99. The highest BCUT2D eigenvalue weighted by molar-refractivity contribution is 9.10. The number of hydrogen-bond donors (Lipinski definition) is 2. The van der Waals surface area contributed by atoms with Crippen LogP contribution in [0.2, 0.25) is 5.02 Å². The molecular formula is C14H12BrClN2O. The summed E-state index contributed by atoms with van der Waals surface area (Å²) >= 11 is 9.32. The molecule has 0 aliphatic carbocycles. The maximum Gasteiger partial charge on any atom is 0.257 e. The van der Waals surface area contributed by atoms with E-state index in [0.717, 1.165) is 10.0 Å². The Labute approximate surface area is 124 Å². The first-order valence-electron chi connectivity index (χ1n) is 5.60. The van der Waals surface area contributed by atoms with E-state index in [1.165, 1.54) is 0 Å². The van der Waals surface area contributed by atoms with Gasteiger partial charge in [-0.2, -0.15) is 0 Å². The van der Waals surface area contributed by atoms with E-state index in [1.807, 2.05) is 6.92 Å². The number of carbonyl (C=O) groups excluding carboxylic acids is 1. The van der Waals surface area contributed by atoms with Crippen molar-refractivity contribution in [2.45, 2.75) is 6.92 Å². The van der Waals surface area contributed by atoms with E-state index >= 15 is 0 Å². The van der Waals surface area contributed by atoms with E-state index in [2.05, 4.69) is 21.2 Å². The van der Waals surface area contributed by atoms with Crippen molar-refractivity contribution >= 4 is 44.8 Å². The van der Waals surface area contributed by atoms with Crippen LogP contribution in [0.5, 0.6) is 0 Å². The van der Waals surface area contributed by atoms with E-state index in [1.54, 1.807) is 36.4 Å². The lowest BCUT2D eigenvalue weighted by molar-refractivity contribution is 0.102. The van der Waals surface area contributed by atoms with Gasteiger partial charge in [-0.15, -0.1) is 0 Å². The van der Waals surface area contributed by atoms with Gasteiger partial charge in [-0.3, -0.25) is 4.79 Å². The Morgan fingerprint density at radius 2 is 2.05 bits per heavy atom. The molecule has 0 spiro atoms. The standard InChI is InChI=1S/C14H12BrClN2O/c1-8-11(16)3-2-4-13(8)18-14(19)10-6-5-9(15)7-12(10)17/h2-7H,17H2,1H3,(H,18,19). The summed E-state index contributed by atoms with van der Waals surface area (Å²) in [6.45, 7) is 1.85. The molecule has 0 unspecified atom stereocenters. The molecule has 1 amide bonds. The van der Waals surface area contributed by atoms with Crippen molar-refractivity contribution in [3.05, 3.63) is 57.0 Å². The van der Waals surface area contributed by atoms with Crippen molar-refractivity contribution in [2.24, 2.45) is 0 Å². The predicted molar refractivity (Wildman–Crippen MR) is 82.7 cm³/mol. The maximum absolute atomic E-state index is 12.2. The Bertz CT molecular complexity index is 643. The minimum Gasteiger partial charge on any atom is -0.398 e. The number of nitrogens with one attached hydrogen (secondary N) is 1. The Morgan fingerprint density at radius 3 is 2.74 bits per heavy atom. The molecular weight excluding hydrogens is 328 g/mol. The van der Waals surface area contributed by atoms with Crippen molar-refractivity contribution in [1.82, 2.24) is 0 Å². The molecule has 0 heterocycles. The number of hydrogen-bond acceptors (Lipinski definition) is 2. The van der Waals surface area contributed by atoms with Crippen molar-refractivity contribution in [3.8, 4) is 0 Å². The van der Waals surface area contributed by atoms with Crippen LogP contribution in [0, 0.1) is 6.92 Å². The van der Waals surface area contributed by atoms with Crippen LogP contribution in [0.1, 0.15) is 15.9 Å². The minimum absolute atomic E-state index is 0.254. The van der Waals surface area contributed by atoms with Gasteiger partial charge < -0.3 is 11.1 Å². The highest BCUT2D eigenvalue weighted by Gasteiger charge is 2.12. The smallest absolute Gasteiger partial charge is 0.257 e. The number of nitrogens with two attached hydrogens (primary N) is 1. The summed E-state index contributed by atoms with van der Waals surface area (Å²) in [4.78, 5) is 12.2. The molecule has 0 aromatic heterocycles. The third-order valence-corrected chi connectivity index (χ3v) is 3.68. The molecule has 0 saturated heterocycles. The van der Waals surface area contributed by atoms with Crippen LogP contribution in [0.15, 0.2) is 40.9 Å². The average Bonchev–Trinajstić information content (AvgIpc) is 2.34. The topological polar surface area (TPSA) is 55.1 Å². The summed E-state index contributed by atoms with van der Waals surface area (Å²) in [5.41, 5.74) is 8.19. The third-order valence-electron chi connectivity index (χ3n) is 2.77. The molecule has 0 saturated carbocycles. The molecule has 2 aromatic rings. The van der Waals surface area contributed by atoms with Crippen LogP contribution >= 0.6 is 27.5 Å². The van der Waals surface area contributed by atoms with Gasteiger partial charge in [0.1, 0.15) is 0 Å². The van der Waals surface area contributed by atoms with Gasteiger partial charge in [-0.25, -0.2) is 0 Å². The molecule has 0 aliphatic heterocycles. The van der Waals surface area contributed by atoms with E-state index in [-0.39, 0.29) is 5.91 Å². The molecule has 98 valence electrons. The summed E-state index contributed by atoms with van der Waals surface area (Å²) in [6.07, 6.45) is 0. The molecule has 5 heteroatoms. The van der Waals surface area contributed by atoms with Crippen molar-refractivity contribution < 1.29 is 4.79 Å². The second kappa shape index (κ2) is 5.63. The summed E-state index contributed by atoms with van der Waals surface area (Å²) < 4.78 is 0.834. The van der Waals surface area contributed by atoms with Crippen LogP contribution in [-0.4, -0.2) is 5.91 Å². The fourth-order valence-corrected chi connectivity index (χ4v) is 2.23. The molecule has 19 heavy (non-hydrogen) atoms. The van der Waals surface area contributed by atoms with Crippen LogP contribution < -0.4 is 11.1 Å². The lowest BCUT2D eigenvalue weighted by atomic mass is 10.1. The van der Waals surface area contributed by atoms with Crippen molar-refractivity contribution in [3.63, 3.8) is 0 Å². The number of nitrogen functional groups attached to an aromatic ring is 1. The molecule has 2 rings (SSSR count).